The van der Waals surface area contributed by atoms with Gasteiger partial charge in [-0.2, -0.15) is 0 Å². The van der Waals surface area contributed by atoms with E-state index in [4.69, 9.17) is 10.5 Å². The Morgan fingerprint density at radius 1 is 1.39 bits per heavy atom. The van der Waals surface area contributed by atoms with Crippen LogP contribution in [0.15, 0.2) is 24.4 Å². The average molecular weight is 244 g/mol. The van der Waals surface area contributed by atoms with Crippen molar-refractivity contribution in [2.24, 2.45) is 11.7 Å². The predicted molar refractivity (Wildman–Crippen MR) is 73.9 cm³/mol. The SMILES string of the molecule is COc1cccc2c(CC3CCCC3N)c[nH]c12. The molecule has 1 heterocycles. The highest BCUT2D eigenvalue weighted by Crippen LogP contribution is 2.32. The Morgan fingerprint density at radius 2 is 2.28 bits per heavy atom. The Morgan fingerprint density at radius 3 is 3.00 bits per heavy atom. The van der Waals surface area contributed by atoms with Crippen LogP contribution in [0.1, 0.15) is 24.8 Å². The number of nitrogens with one attached hydrogen (secondary N) is 1. The molecule has 1 aliphatic rings. The van der Waals surface area contributed by atoms with Gasteiger partial charge < -0.3 is 15.5 Å². The molecule has 1 saturated carbocycles. The summed E-state index contributed by atoms with van der Waals surface area (Å²) in [6.45, 7) is 0. The summed E-state index contributed by atoms with van der Waals surface area (Å²) in [5.74, 6) is 1.55. The first-order chi connectivity index (χ1) is 8.79. The number of fused-ring (bicyclic) bond motifs is 1. The summed E-state index contributed by atoms with van der Waals surface area (Å²) < 4.78 is 5.38. The molecule has 0 spiro atoms. The van der Waals surface area contributed by atoms with E-state index in [0.717, 1.165) is 17.7 Å². The van der Waals surface area contributed by atoms with Crippen LogP contribution < -0.4 is 10.5 Å². The van der Waals surface area contributed by atoms with Crippen molar-refractivity contribution in [1.82, 2.24) is 4.98 Å². The molecule has 3 rings (SSSR count). The summed E-state index contributed by atoms with van der Waals surface area (Å²) in [6.07, 6.45) is 6.90. The van der Waals surface area contributed by atoms with Gasteiger partial charge in [0.1, 0.15) is 5.75 Å². The molecule has 2 unspecified atom stereocenters. The van der Waals surface area contributed by atoms with Gasteiger partial charge in [0.25, 0.3) is 0 Å². The Kier molecular flexibility index (Phi) is 3.00. The van der Waals surface area contributed by atoms with E-state index in [-0.39, 0.29) is 0 Å². The molecule has 0 radical (unpaired) electrons. The van der Waals surface area contributed by atoms with Crippen LogP contribution in [-0.4, -0.2) is 18.1 Å². The topological polar surface area (TPSA) is 51.0 Å². The van der Waals surface area contributed by atoms with Gasteiger partial charge in [-0.25, -0.2) is 0 Å². The van der Waals surface area contributed by atoms with Gasteiger partial charge in [0.05, 0.1) is 12.6 Å². The van der Waals surface area contributed by atoms with Crippen LogP contribution in [0.5, 0.6) is 5.75 Å². The van der Waals surface area contributed by atoms with Crippen LogP contribution in [-0.2, 0) is 6.42 Å². The fourth-order valence-corrected chi connectivity index (χ4v) is 3.13. The molecular weight excluding hydrogens is 224 g/mol. The first-order valence-corrected chi connectivity index (χ1v) is 6.68. The predicted octanol–water partition coefficient (Wildman–Crippen LogP) is 2.85. The highest BCUT2D eigenvalue weighted by molar-refractivity contribution is 5.88. The van der Waals surface area contributed by atoms with E-state index < -0.39 is 0 Å². The third kappa shape index (κ3) is 1.89. The maximum absolute atomic E-state index is 6.16. The highest BCUT2D eigenvalue weighted by atomic mass is 16.5. The second-order valence-corrected chi connectivity index (χ2v) is 5.26. The third-order valence-electron chi connectivity index (χ3n) is 4.18. The number of hydrogen-bond acceptors (Lipinski definition) is 2. The molecule has 1 aromatic carbocycles. The summed E-state index contributed by atoms with van der Waals surface area (Å²) in [6, 6.07) is 6.57. The minimum atomic E-state index is 0.376. The molecule has 3 N–H and O–H groups in total. The zero-order chi connectivity index (χ0) is 12.5. The minimum absolute atomic E-state index is 0.376. The summed E-state index contributed by atoms with van der Waals surface area (Å²) in [5.41, 5.74) is 8.63. The van der Waals surface area contributed by atoms with Crippen molar-refractivity contribution in [3.05, 3.63) is 30.0 Å². The van der Waals surface area contributed by atoms with Crippen molar-refractivity contribution in [2.75, 3.05) is 7.11 Å². The van der Waals surface area contributed by atoms with Crippen molar-refractivity contribution >= 4 is 10.9 Å². The first-order valence-electron chi connectivity index (χ1n) is 6.68. The standard InChI is InChI=1S/C15H20N2O/c1-18-14-7-3-5-12-11(9-17-15(12)14)8-10-4-2-6-13(10)16/h3,5,7,9-10,13,17H,2,4,6,8,16H2,1H3. The number of ether oxygens (including phenoxy) is 1. The van der Waals surface area contributed by atoms with Gasteiger partial charge in [0, 0.05) is 17.6 Å². The van der Waals surface area contributed by atoms with Gasteiger partial charge in [-0.3, -0.25) is 0 Å². The summed E-state index contributed by atoms with van der Waals surface area (Å²) in [4.78, 5) is 3.33. The summed E-state index contributed by atoms with van der Waals surface area (Å²) in [5, 5.41) is 1.27. The number of H-pyrrole nitrogens is 1. The molecule has 1 fully saturated rings. The van der Waals surface area contributed by atoms with E-state index in [1.54, 1.807) is 7.11 Å². The molecule has 1 aliphatic carbocycles. The fraction of sp³-hybridized carbons (Fsp3) is 0.467. The van der Waals surface area contributed by atoms with E-state index in [0.29, 0.717) is 12.0 Å². The zero-order valence-corrected chi connectivity index (χ0v) is 10.8. The third-order valence-corrected chi connectivity index (χ3v) is 4.18. The summed E-state index contributed by atoms with van der Waals surface area (Å²) >= 11 is 0. The molecule has 18 heavy (non-hydrogen) atoms. The molecular formula is C15H20N2O. The van der Waals surface area contributed by atoms with Crippen LogP contribution in [0.4, 0.5) is 0 Å². The molecule has 2 atom stereocenters. The van der Waals surface area contributed by atoms with E-state index in [1.165, 1.54) is 30.2 Å². The lowest BCUT2D eigenvalue weighted by molar-refractivity contribution is 0.419. The molecule has 0 saturated heterocycles. The second-order valence-electron chi connectivity index (χ2n) is 5.26. The Balaban J connectivity index is 1.93. The van der Waals surface area contributed by atoms with Gasteiger partial charge in [-0.15, -0.1) is 0 Å². The highest BCUT2D eigenvalue weighted by Gasteiger charge is 2.24. The van der Waals surface area contributed by atoms with E-state index in [1.807, 2.05) is 12.1 Å². The number of rotatable bonds is 3. The molecule has 1 aromatic heterocycles. The van der Waals surface area contributed by atoms with Crippen LogP contribution in [0.3, 0.4) is 0 Å². The van der Waals surface area contributed by atoms with Crippen molar-refractivity contribution in [2.45, 2.75) is 31.7 Å². The van der Waals surface area contributed by atoms with Crippen LogP contribution in [0.2, 0.25) is 0 Å². The largest absolute Gasteiger partial charge is 0.495 e. The van der Waals surface area contributed by atoms with Crippen LogP contribution in [0.25, 0.3) is 10.9 Å². The number of benzene rings is 1. The van der Waals surface area contributed by atoms with Crippen molar-refractivity contribution in [1.29, 1.82) is 0 Å². The Bertz CT molecular complexity index is 546. The van der Waals surface area contributed by atoms with E-state index in [2.05, 4.69) is 17.2 Å². The summed E-state index contributed by atoms with van der Waals surface area (Å²) in [7, 11) is 1.71. The molecule has 0 amide bonds. The second kappa shape index (κ2) is 4.65. The molecule has 96 valence electrons. The quantitative estimate of drug-likeness (QED) is 0.872. The Hall–Kier alpha value is -1.48. The van der Waals surface area contributed by atoms with E-state index >= 15 is 0 Å². The molecule has 2 aromatic rings. The lowest BCUT2D eigenvalue weighted by Crippen LogP contribution is -2.25. The number of hydrogen-bond donors (Lipinski definition) is 2. The van der Waals surface area contributed by atoms with E-state index in [9.17, 15) is 0 Å². The smallest absolute Gasteiger partial charge is 0.142 e. The van der Waals surface area contributed by atoms with Crippen molar-refractivity contribution < 1.29 is 4.74 Å². The monoisotopic (exact) mass is 244 g/mol. The van der Waals surface area contributed by atoms with Gasteiger partial charge >= 0.3 is 0 Å². The number of para-hydroxylation sites is 1. The van der Waals surface area contributed by atoms with Crippen LogP contribution in [0, 0.1) is 5.92 Å². The molecule has 3 nitrogen and oxygen atoms in total. The van der Waals surface area contributed by atoms with Crippen molar-refractivity contribution in [3.63, 3.8) is 0 Å². The van der Waals surface area contributed by atoms with Crippen LogP contribution >= 0.6 is 0 Å². The lowest BCUT2D eigenvalue weighted by atomic mass is 9.95. The number of aromatic nitrogens is 1. The van der Waals surface area contributed by atoms with Gasteiger partial charge in [0.15, 0.2) is 0 Å². The maximum Gasteiger partial charge on any atom is 0.142 e. The molecule has 0 bridgehead atoms. The molecule has 0 aliphatic heterocycles. The number of nitrogens with two attached hydrogens (primary N) is 1. The molecule has 3 heteroatoms. The number of aromatic amines is 1. The Labute approximate surface area is 107 Å². The lowest BCUT2D eigenvalue weighted by Gasteiger charge is -2.14. The fourth-order valence-electron chi connectivity index (χ4n) is 3.13. The van der Waals surface area contributed by atoms with Gasteiger partial charge in [0.2, 0.25) is 0 Å². The normalized spacial score (nSPS) is 23.7. The zero-order valence-electron chi connectivity index (χ0n) is 10.8. The van der Waals surface area contributed by atoms with Crippen molar-refractivity contribution in [3.8, 4) is 5.75 Å². The minimum Gasteiger partial charge on any atom is -0.495 e. The van der Waals surface area contributed by atoms with Gasteiger partial charge in [-0.1, -0.05) is 18.6 Å². The first kappa shape index (κ1) is 11.6. The number of methoxy groups -OCH3 is 1. The maximum atomic E-state index is 6.16. The van der Waals surface area contributed by atoms with Gasteiger partial charge in [-0.05, 0) is 36.8 Å². The average Bonchev–Trinajstić information content (AvgIpc) is 2.97.